The van der Waals surface area contributed by atoms with Gasteiger partial charge in [-0.25, -0.2) is 0 Å². The van der Waals surface area contributed by atoms with Gasteiger partial charge in [-0.05, 0) is 70.6 Å². The van der Waals surface area contributed by atoms with Crippen LogP contribution in [0.5, 0.6) is 0 Å². The minimum Gasteiger partial charge on any atom is -0.447 e. The smallest absolute Gasteiger partial charge is 0.307 e. The van der Waals surface area contributed by atoms with Gasteiger partial charge in [0.25, 0.3) is 0 Å². The molecule has 3 nitrogen and oxygen atoms in total. The van der Waals surface area contributed by atoms with Crippen LogP contribution in [0.1, 0.15) is 194 Å². The van der Waals surface area contributed by atoms with E-state index in [1.54, 1.807) is 0 Å². The van der Waals surface area contributed by atoms with Crippen molar-refractivity contribution in [3.05, 3.63) is 24.3 Å². The summed E-state index contributed by atoms with van der Waals surface area (Å²) in [6.07, 6.45) is 43.6. The van der Waals surface area contributed by atoms with E-state index in [0.29, 0.717) is 6.42 Å². The van der Waals surface area contributed by atoms with E-state index >= 15 is 0 Å². The molecule has 0 amide bonds. The third-order valence-corrected chi connectivity index (χ3v) is 7.68. The molecule has 0 radical (unpaired) electrons. The van der Waals surface area contributed by atoms with Crippen LogP contribution in [0.3, 0.4) is 0 Å². The molecule has 1 unspecified atom stereocenters. The van der Waals surface area contributed by atoms with Crippen molar-refractivity contribution in [2.24, 2.45) is 5.73 Å². The predicted molar refractivity (Wildman–Crippen MR) is 173 cm³/mol. The molecule has 0 spiro atoms. The molecule has 0 rings (SSSR count). The molecule has 0 aliphatic carbocycles. The molecule has 0 aromatic heterocycles. The standard InChI is InChI=1S/C36H69NO2.Zn/c1-3-5-7-9-11-13-15-17-19-21-23-25-27-29-31-33-35(37)39-36(38)34-32-30-28-26-24-22-20-18-16-14-12-10-8-6-4-2;/h17-20,35H,3-16,21-34,37H2,1-2H3;/b19-17-,20-18-;. The molecule has 0 fully saturated rings. The zero-order chi connectivity index (χ0) is 28.5. The SMILES string of the molecule is CCCCCCCC/C=C\CCCCCCCC(=O)OC(N)CCCCCCC/C=C\CCCCCCCC.[Zn]. The minimum atomic E-state index is -0.425. The Morgan fingerprint density at radius 3 is 1.25 bits per heavy atom. The van der Waals surface area contributed by atoms with E-state index in [2.05, 4.69) is 38.2 Å². The van der Waals surface area contributed by atoms with Gasteiger partial charge in [0.15, 0.2) is 6.23 Å². The van der Waals surface area contributed by atoms with Gasteiger partial charge >= 0.3 is 5.97 Å². The summed E-state index contributed by atoms with van der Waals surface area (Å²) in [6, 6.07) is 0. The molecule has 0 aromatic carbocycles. The maximum atomic E-state index is 12.0. The number of carbonyl (C=O) groups is 1. The topological polar surface area (TPSA) is 52.3 Å². The van der Waals surface area contributed by atoms with Gasteiger partial charge in [-0.3, -0.25) is 10.5 Å². The summed E-state index contributed by atoms with van der Waals surface area (Å²) < 4.78 is 5.41. The maximum absolute atomic E-state index is 12.0. The average molecular weight is 613 g/mol. The van der Waals surface area contributed by atoms with Crippen molar-refractivity contribution in [2.75, 3.05) is 0 Å². The van der Waals surface area contributed by atoms with Gasteiger partial charge in [0.1, 0.15) is 0 Å². The minimum absolute atomic E-state index is 0. The number of hydrogen-bond acceptors (Lipinski definition) is 3. The van der Waals surface area contributed by atoms with E-state index in [0.717, 1.165) is 25.7 Å². The zero-order valence-corrected chi connectivity index (χ0v) is 30.3. The molecule has 0 heterocycles. The second kappa shape index (κ2) is 36.6. The fraction of sp³-hybridized carbons (Fsp3) is 0.861. The molecule has 0 aliphatic rings. The molecule has 0 bridgehead atoms. The number of ether oxygens (including phenoxy) is 1. The first-order chi connectivity index (χ1) is 19.2. The number of esters is 1. The number of allylic oxidation sites excluding steroid dienone is 4. The summed E-state index contributed by atoms with van der Waals surface area (Å²) in [4.78, 5) is 12.0. The number of rotatable bonds is 31. The summed E-state index contributed by atoms with van der Waals surface area (Å²) >= 11 is 0. The van der Waals surface area contributed by atoms with Gasteiger partial charge < -0.3 is 4.74 Å². The second-order valence-corrected chi connectivity index (χ2v) is 11.7. The normalized spacial score (nSPS) is 12.3. The van der Waals surface area contributed by atoms with Crippen molar-refractivity contribution in [3.8, 4) is 0 Å². The first-order valence-corrected chi connectivity index (χ1v) is 17.5. The summed E-state index contributed by atoms with van der Waals surface area (Å²) in [5, 5.41) is 0. The Morgan fingerprint density at radius 2 is 0.850 bits per heavy atom. The average Bonchev–Trinajstić information content (AvgIpc) is 2.93. The molecular weight excluding hydrogens is 544 g/mol. The van der Waals surface area contributed by atoms with E-state index in [4.69, 9.17) is 10.5 Å². The van der Waals surface area contributed by atoms with Crippen molar-refractivity contribution < 1.29 is 29.0 Å². The fourth-order valence-electron chi connectivity index (χ4n) is 5.04. The Labute approximate surface area is 264 Å². The molecule has 0 saturated heterocycles. The molecule has 232 valence electrons. The molecule has 0 aromatic rings. The third kappa shape index (κ3) is 35.6. The van der Waals surface area contributed by atoms with Crippen molar-refractivity contribution in [2.45, 2.75) is 200 Å². The van der Waals surface area contributed by atoms with Gasteiger partial charge in [-0.1, -0.05) is 141 Å². The molecular formula is C36H69NO2Zn. The monoisotopic (exact) mass is 611 g/mol. The van der Waals surface area contributed by atoms with Gasteiger partial charge in [-0.2, -0.15) is 0 Å². The van der Waals surface area contributed by atoms with Gasteiger partial charge in [0.2, 0.25) is 0 Å². The van der Waals surface area contributed by atoms with Crippen LogP contribution < -0.4 is 5.73 Å². The van der Waals surface area contributed by atoms with Gasteiger partial charge in [0.05, 0.1) is 0 Å². The predicted octanol–water partition coefficient (Wildman–Crippen LogP) is 11.9. The first kappa shape index (κ1) is 41.7. The van der Waals surface area contributed by atoms with Crippen LogP contribution in [0.25, 0.3) is 0 Å². The van der Waals surface area contributed by atoms with Crippen LogP contribution in [0.15, 0.2) is 24.3 Å². The summed E-state index contributed by atoms with van der Waals surface area (Å²) in [6.45, 7) is 4.55. The van der Waals surface area contributed by atoms with Gasteiger partial charge in [0, 0.05) is 25.9 Å². The van der Waals surface area contributed by atoms with Crippen molar-refractivity contribution in [1.29, 1.82) is 0 Å². The van der Waals surface area contributed by atoms with E-state index in [1.165, 1.54) is 148 Å². The Kier molecular flexibility index (Phi) is 38.1. The number of nitrogens with two attached hydrogens (primary N) is 1. The Morgan fingerprint density at radius 1 is 0.525 bits per heavy atom. The van der Waals surface area contributed by atoms with E-state index in [-0.39, 0.29) is 25.4 Å². The van der Waals surface area contributed by atoms with E-state index in [9.17, 15) is 4.79 Å². The van der Waals surface area contributed by atoms with Crippen molar-refractivity contribution in [3.63, 3.8) is 0 Å². The molecule has 2 N–H and O–H groups in total. The summed E-state index contributed by atoms with van der Waals surface area (Å²) in [5.74, 6) is -0.118. The Bertz CT molecular complexity index is 549. The quantitative estimate of drug-likeness (QED) is 0.0278. The molecule has 1 atom stereocenters. The molecule has 0 saturated carbocycles. The van der Waals surface area contributed by atoms with E-state index < -0.39 is 6.23 Å². The van der Waals surface area contributed by atoms with Crippen LogP contribution in [0.2, 0.25) is 0 Å². The Hall–Kier alpha value is -0.467. The summed E-state index contributed by atoms with van der Waals surface area (Å²) in [7, 11) is 0. The van der Waals surface area contributed by atoms with E-state index in [1.807, 2.05) is 0 Å². The fourth-order valence-corrected chi connectivity index (χ4v) is 5.04. The largest absolute Gasteiger partial charge is 0.447 e. The van der Waals surface area contributed by atoms with Crippen LogP contribution in [-0.2, 0) is 29.0 Å². The Balaban J connectivity index is 0. The maximum Gasteiger partial charge on any atom is 0.307 e. The number of hydrogen-bond donors (Lipinski definition) is 1. The number of unbranched alkanes of at least 4 members (excludes halogenated alkanes) is 22. The molecule has 40 heavy (non-hydrogen) atoms. The second-order valence-electron chi connectivity index (χ2n) is 11.7. The van der Waals surface area contributed by atoms with Crippen LogP contribution in [0.4, 0.5) is 0 Å². The van der Waals surface area contributed by atoms with Crippen molar-refractivity contribution in [1.82, 2.24) is 0 Å². The van der Waals surface area contributed by atoms with Crippen LogP contribution in [-0.4, -0.2) is 12.2 Å². The van der Waals surface area contributed by atoms with Gasteiger partial charge in [-0.15, -0.1) is 0 Å². The third-order valence-electron chi connectivity index (χ3n) is 7.68. The van der Waals surface area contributed by atoms with Crippen molar-refractivity contribution >= 4 is 5.97 Å². The summed E-state index contributed by atoms with van der Waals surface area (Å²) in [5.41, 5.74) is 6.03. The first-order valence-electron chi connectivity index (χ1n) is 17.5. The zero-order valence-electron chi connectivity index (χ0n) is 27.3. The molecule has 4 heteroatoms. The number of carbonyl (C=O) groups excluding carboxylic acids is 1. The van der Waals surface area contributed by atoms with Crippen LogP contribution >= 0.6 is 0 Å². The molecule has 0 aliphatic heterocycles. The van der Waals surface area contributed by atoms with Crippen LogP contribution in [0, 0.1) is 0 Å².